The Labute approximate surface area is 214 Å². The highest BCUT2D eigenvalue weighted by Crippen LogP contribution is 2.40. The number of nitrogens with one attached hydrogen (secondary N) is 2. The second kappa shape index (κ2) is 10.3. The van der Waals surface area contributed by atoms with Gasteiger partial charge in [0.2, 0.25) is 5.91 Å². The average molecular weight is 507 g/mol. The van der Waals surface area contributed by atoms with Crippen molar-refractivity contribution in [2.24, 2.45) is 5.41 Å². The molecule has 3 aromatic rings. The molecule has 0 bridgehead atoms. The first-order chi connectivity index (χ1) is 17.9. The first kappa shape index (κ1) is 24.9. The highest BCUT2D eigenvalue weighted by atomic mass is 16.6. The van der Waals surface area contributed by atoms with Crippen LogP contribution in [0, 0.1) is 12.3 Å². The Bertz CT molecular complexity index is 1330. The standard InChI is InChI=1S/C27H30N4O6/c1-16-6-7-17-4-3-5-20(24(17)30-16)31-25(32)27(26(33)34)9-8-19(22(13-27)35-2)29-14-18-12-21-23(15-28-18)37-11-10-36-21/h3-7,12,15,19,22,29H,8-11,13-14H2,1-2H3,(H,31,32)(H,33,34)/t19-,22-,27-/m1/s1. The minimum atomic E-state index is -1.62. The van der Waals surface area contributed by atoms with Gasteiger partial charge in [-0.05, 0) is 31.9 Å². The first-order valence-corrected chi connectivity index (χ1v) is 12.3. The van der Waals surface area contributed by atoms with Crippen molar-refractivity contribution in [2.45, 2.75) is 44.9 Å². The van der Waals surface area contributed by atoms with Crippen LogP contribution < -0.4 is 20.1 Å². The van der Waals surface area contributed by atoms with E-state index in [4.69, 9.17) is 14.2 Å². The number of pyridine rings is 2. The van der Waals surface area contributed by atoms with Crippen molar-refractivity contribution in [2.75, 3.05) is 25.6 Å². The van der Waals surface area contributed by atoms with Crippen LogP contribution in [-0.4, -0.2) is 59.4 Å². The highest BCUT2D eigenvalue weighted by Gasteiger charge is 2.52. The smallest absolute Gasteiger partial charge is 0.319 e. The van der Waals surface area contributed by atoms with E-state index in [1.54, 1.807) is 12.3 Å². The lowest BCUT2D eigenvalue weighted by atomic mass is 9.70. The minimum Gasteiger partial charge on any atom is -0.486 e. The van der Waals surface area contributed by atoms with Gasteiger partial charge in [0.15, 0.2) is 11.5 Å². The number of nitrogens with zero attached hydrogens (tertiary/aromatic N) is 2. The highest BCUT2D eigenvalue weighted by molar-refractivity contribution is 6.11. The van der Waals surface area contributed by atoms with E-state index in [2.05, 4.69) is 20.6 Å². The number of anilines is 1. The van der Waals surface area contributed by atoms with E-state index in [1.165, 1.54) is 7.11 Å². The normalized spacial score (nSPS) is 23.0. The van der Waals surface area contributed by atoms with Gasteiger partial charge in [0.05, 0.1) is 29.2 Å². The van der Waals surface area contributed by atoms with Crippen molar-refractivity contribution in [3.05, 3.63) is 54.0 Å². The fourth-order valence-electron chi connectivity index (χ4n) is 5.06. The quantitative estimate of drug-likeness (QED) is 0.414. The van der Waals surface area contributed by atoms with Crippen molar-refractivity contribution in [1.29, 1.82) is 0 Å². The van der Waals surface area contributed by atoms with Gasteiger partial charge in [-0.1, -0.05) is 18.2 Å². The number of para-hydroxylation sites is 1. The van der Waals surface area contributed by atoms with E-state index in [1.807, 2.05) is 37.3 Å². The molecule has 10 nitrogen and oxygen atoms in total. The van der Waals surface area contributed by atoms with Gasteiger partial charge in [-0.25, -0.2) is 0 Å². The van der Waals surface area contributed by atoms with Crippen LogP contribution in [0.2, 0.25) is 0 Å². The molecule has 2 aliphatic rings. The molecule has 3 N–H and O–H groups in total. The maximum atomic E-state index is 13.5. The number of hydrogen-bond donors (Lipinski definition) is 3. The van der Waals surface area contributed by atoms with Gasteiger partial charge in [0, 0.05) is 43.3 Å². The van der Waals surface area contributed by atoms with E-state index in [-0.39, 0.29) is 18.9 Å². The summed E-state index contributed by atoms with van der Waals surface area (Å²) in [5.74, 6) is -0.450. The van der Waals surface area contributed by atoms with E-state index < -0.39 is 23.4 Å². The third-order valence-corrected chi connectivity index (χ3v) is 7.17. The number of carbonyl (C=O) groups is 2. The summed E-state index contributed by atoms with van der Waals surface area (Å²) in [5.41, 5.74) is 1.07. The number of benzene rings is 1. The number of amides is 1. The predicted octanol–water partition coefficient (Wildman–Crippen LogP) is 3.08. The number of methoxy groups -OCH3 is 1. The molecule has 0 radical (unpaired) electrons. The van der Waals surface area contributed by atoms with Gasteiger partial charge < -0.3 is 30.0 Å². The Hall–Kier alpha value is -3.76. The number of rotatable bonds is 7. The summed E-state index contributed by atoms with van der Waals surface area (Å²) < 4.78 is 16.8. The lowest BCUT2D eigenvalue weighted by Crippen LogP contribution is -2.55. The van der Waals surface area contributed by atoms with Crippen LogP contribution in [0.5, 0.6) is 11.5 Å². The van der Waals surface area contributed by atoms with E-state index in [0.717, 1.165) is 16.8 Å². The summed E-state index contributed by atoms with van der Waals surface area (Å²) in [4.78, 5) is 35.0. The van der Waals surface area contributed by atoms with Crippen molar-refractivity contribution >= 4 is 28.5 Å². The number of hydrogen-bond acceptors (Lipinski definition) is 8. The molecule has 1 amide bonds. The molecule has 0 spiro atoms. The summed E-state index contributed by atoms with van der Waals surface area (Å²) in [7, 11) is 1.54. The molecule has 3 atom stereocenters. The molecule has 1 aliphatic heterocycles. The molecule has 1 aromatic carbocycles. The summed E-state index contributed by atoms with van der Waals surface area (Å²) in [5, 5.41) is 17.4. The van der Waals surface area contributed by atoms with Gasteiger partial charge in [0.1, 0.15) is 18.6 Å². The molecule has 0 unspecified atom stereocenters. The third kappa shape index (κ3) is 4.94. The Balaban J connectivity index is 1.30. The fraction of sp³-hybridized carbons (Fsp3) is 0.407. The van der Waals surface area contributed by atoms with Crippen molar-refractivity contribution in [3.8, 4) is 11.5 Å². The first-order valence-electron chi connectivity index (χ1n) is 12.3. The van der Waals surface area contributed by atoms with Crippen molar-refractivity contribution in [1.82, 2.24) is 15.3 Å². The van der Waals surface area contributed by atoms with Gasteiger partial charge in [0.25, 0.3) is 0 Å². The molecule has 2 aromatic heterocycles. The lowest BCUT2D eigenvalue weighted by Gasteiger charge is -2.40. The van der Waals surface area contributed by atoms with Crippen LogP contribution in [0.25, 0.3) is 10.9 Å². The largest absolute Gasteiger partial charge is 0.486 e. The second-order valence-electron chi connectivity index (χ2n) is 9.49. The third-order valence-electron chi connectivity index (χ3n) is 7.17. The van der Waals surface area contributed by atoms with E-state index >= 15 is 0 Å². The monoisotopic (exact) mass is 506 g/mol. The van der Waals surface area contributed by atoms with Gasteiger partial charge in [-0.3, -0.25) is 19.6 Å². The summed E-state index contributed by atoms with van der Waals surface area (Å²) >= 11 is 0. The van der Waals surface area contributed by atoms with E-state index in [0.29, 0.717) is 48.9 Å². The summed E-state index contributed by atoms with van der Waals surface area (Å²) in [6, 6.07) is 11.0. The van der Waals surface area contributed by atoms with Crippen molar-refractivity contribution < 1.29 is 28.9 Å². The van der Waals surface area contributed by atoms with Gasteiger partial charge in [-0.2, -0.15) is 0 Å². The Morgan fingerprint density at radius 3 is 2.78 bits per heavy atom. The van der Waals surface area contributed by atoms with E-state index in [9.17, 15) is 14.7 Å². The molecule has 1 saturated carbocycles. The number of fused-ring (bicyclic) bond motifs is 2. The van der Waals surface area contributed by atoms with Crippen LogP contribution >= 0.6 is 0 Å². The molecular formula is C27H30N4O6. The molecule has 5 rings (SSSR count). The maximum Gasteiger partial charge on any atom is 0.319 e. The molecule has 37 heavy (non-hydrogen) atoms. The molecule has 0 saturated heterocycles. The number of carbonyl (C=O) groups excluding carboxylic acids is 1. The molecule has 194 valence electrons. The number of aryl methyl sites for hydroxylation is 1. The van der Waals surface area contributed by atoms with Gasteiger partial charge in [-0.15, -0.1) is 0 Å². The van der Waals surface area contributed by atoms with Crippen LogP contribution in [0.1, 0.15) is 30.7 Å². The second-order valence-corrected chi connectivity index (χ2v) is 9.49. The Morgan fingerprint density at radius 1 is 1.19 bits per heavy atom. The zero-order valence-electron chi connectivity index (χ0n) is 20.8. The average Bonchev–Trinajstić information content (AvgIpc) is 2.91. The Morgan fingerprint density at radius 2 is 2.00 bits per heavy atom. The molecule has 10 heteroatoms. The summed E-state index contributed by atoms with van der Waals surface area (Å²) in [6.45, 7) is 3.30. The maximum absolute atomic E-state index is 13.5. The van der Waals surface area contributed by atoms with Gasteiger partial charge >= 0.3 is 5.97 Å². The number of aromatic nitrogens is 2. The minimum absolute atomic E-state index is 0.0358. The molecule has 1 aliphatic carbocycles. The Kier molecular flexibility index (Phi) is 6.94. The molecular weight excluding hydrogens is 476 g/mol. The van der Waals surface area contributed by atoms with Crippen LogP contribution in [0.15, 0.2) is 42.6 Å². The van der Waals surface area contributed by atoms with Crippen LogP contribution in [0.3, 0.4) is 0 Å². The number of ether oxygens (including phenoxy) is 3. The molecule has 3 heterocycles. The fourth-order valence-corrected chi connectivity index (χ4v) is 5.06. The zero-order valence-corrected chi connectivity index (χ0v) is 20.8. The lowest BCUT2D eigenvalue weighted by molar-refractivity contribution is -0.160. The topological polar surface area (TPSA) is 132 Å². The SMILES string of the molecule is CO[C@@H]1C[C@@](C(=O)O)(C(=O)Nc2cccc3ccc(C)nc23)CC[C@H]1NCc1cc2c(cn1)OCCO2. The molecule has 1 fully saturated rings. The van der Waals surface area contributed by atoms with Crippen LogP contribution in [-0.2, 0) is 20.9 Å². The number of aliphatic carboxylic acids is 1. The van der Waals surface area contributed by atoms with Crippen LogP contribution in [0.4, 0.5) is 5.69 Å². The van der Waals surface area contributed by atoms with Crippen molar-refractivity contribution in [3.63, 3.8) is 0 Å². The predicted molar refractivity (Wildman–Crippen MR) is 136 cm³/mol. The summed E-state index contributed by atoms with van der Waals surface area (Å²) in [6.07, 6.45) is 1.80. The zero-order chi connectivity index (χ0) is 26.0. The number of carboxylic acids is 1. The number of carboxylic acid groups (broad SMARTS) is 1.